The predicted molar refractivity (Wildman–Crippen MR) is 140 cm³/mol. The number of nitrogens with zero attached hydrogens (tertiary/aromatic N) is 3. The van der Waals surface area contributed by atoms with Crippen molar-refractivity contribution >= 4 is 35.8 Å². The molecule has 0 heterocycles. The van der Waals surface area contributed by atoms with E-state index in [0.717, 1.165) is 43.1 Å². The number of guanidine groups is 1. The van der Waals surface area contributed by atoms with Gasteiger partial charge in [-0.25, -0.2) is 0 Å². The number of carbonyl (C=O) groups excluding carboxylic acids is 1. The molecule has 1 unspecified atom stereocenters. The molecule has 1 amide bonds. The summed E-state index contributed by atoms with van der Waals surface area (Å²) in [6.45, 7) is 4.66. The highest BCUT2D eigenvalue weighted by atomic mass is 127. The van der Waals surface area contributed by atoms with E-state index in [1.54, 1.807) is 26.0 Å². The first-order chi connectivity index (χ1) is 14.4. The molecule has 1 atom stereocenters. The SMILES string of the molecule is CN=C(NCCc1cccc(C(=O)N(C)C)c1)NCC(C)N(C)Cc1ccccc1.I. The zero-order valence-electron chi connectivity index (χ0n) is 19.3. The Kier molecular flexibility index (Phi) is 12.2. The molecule has 2 aromatic rings. The Morgan fingerprint density at radius 3 is 2.32 bits per heavy atom. The lowest BCUT2D eigenvalue weighted by molar-refractivity contribution is 0.0827. The maximum absolute atomic E-state index is 12.1. The van der Waals surface area contributed by atoms with Crippen molar-refractivity contribution in [2.45, 2.75) is 25.9 Å². The minimum atomic E-state index is 0. The lowest BCUT2D eigenvalue weighted by atomic mass is 10.1. The Morgan fingerprint density at radius 1 is 1.00 bits per heavy atom. The van der Waals surface area contributed by atoms with Crippen molar-refractivity contribution in [2.75, 3.05) is 41.3 Å². The molecule has 0 saturated carbocycles. The van der Waals surface area contributed by atoms with Gasteiger partial charge in [-0.2, -0.15) is 0 Å². The molecule has 0 aliphatic heterocycles. The second kappa shape index (κ2) is 14.0. The average molecular weight is 537 g/mol. The first-order valence-corrected chi connectivity index (χ1v) is 10.4. The van der Waals surface area contributed by atoms with Gasteiger partial charge in [-0.3, -0.25) is 14.7 Å². The van der Waals surface area contributed by atoms with Crippen LogP contribution in [0.4, 0.5) is 0 Å². The molecule has 31 heavy (non-hydrogen) atoms. The van der Waals surface area contributed by atoms with E-state index in [4.69, 9.17) is 0 Å². The van der Waals surface area contributed by atoms with E-state index in [9.17, 15) is 4.79 Å². The van der Waals surface area contributed by atoms with Crippen molar-refractivity contribution in [3.63, 3.8) is 0 Å². The van der Waals surface area contributed by atoms with E-state index in [2.05, 4.69) is 58.8 Å². The average Bonchev–Trinajstić information content (AvgIpc) is 2.76. The summed E-state index contributed by atoms with van der Waals surface area (Å²) >= 11 is 0. The molecule has 0 fully saturated rings. The molecule has 0 saturated heterocycles. The predicted octanol–water partition coefficient (Wildman–Crippen LogP) is 3.23. The Labute approximate surface area is 204 Å². The van der Waals surface area contributed by atoms with Crippen molar-refractivity contribution in [1.29, 1.82) is 0 Å². The molecule has 0 spiro atoms. The van der Waals surface area contributed by atoms with Crippen molar-refractivity contribution < 1.29 is 4.79 Å². The normalized spacial score (nSPS) is 12.1. The number of hydrogen-bond acceptors (Lipinski definition) is 3. The van der Waals surface area contributed by atoms with E-state index < -0.39 is 0 Å². The fourth-order valence-electron chi connectivity index (χ4n) is 3.09. The van der Waals surface area contributed by atoms with Crippen LogP contribution in [0.2, 0.25) is 0 Å². The highest BCUT2D eigenvalue weighted by Crippen LogP contribution is 2.08. The molecule has 2 aromatic carbocycles. The van der Waals surface area contributed by atoms with Gasteiger partial charge < -0.3 is 15.5 Å². The van der Waals surface area contributed by atoms with Gasteiger partial charge in [-0.05, 0) is 43.7 Å². The molecule has 2 N–H and O–H groups in total. The summed E-state index contributed by atoms with van der Waals surface area (Å²) in [4.78, 5) is 20.4. The molecule has 6 nitrogen and oxygen atoms in total. The van der Waals surface area contributed by atoms with Gasteiger partial charge in [-0.1, -0.05) is 42.5 Å². The second-order valence-corrected chi connectivity index (χ2v) is 7.78. The van der Waals surface area contributed by atoms with Crippen LogP contribution in [0.3, 0.4) is 0 Å². The molecule has 170 valence electrons. The van der Waals surface area contributed by atoms with Crippen LogP contribution in [0.1, 0.15) is 28.4 Å². The van der Waals surface area contributed by atoms with Gasteiger partial charge in [0.15, 0.2) is 5.96 Å². The fourth-order valence-corrected chi connectivity index (χ4v) is 3.09. The lowest BCUT2D eigenvalue weighted by Gasteiger charge is -2.25. The third-order valence-electron chi connectivity index (χ3n) is 5.10. The van der Waals surface area contributed by atoms with Gasteiger partial charge >= 0.3 is 0 Å². The van der Waals surface area contributed by atoms with Crippen LogP contribution in [0, 0.1) is 0 Å². The molecular formula is C24H36IN5O. The number of halogens is 1. The van der Waals surface area contributed by atoms with E-state index in [1.807, 2.05) is 30.3 Å². The van der Waals surface area contributed by atoms with Crippen LogP contribution in [-0.4, -0.2) is 69.0 Å². The molecule has 0 aliphatic rings. The maximum Gasteiger partial charge on any atom is 0.253 e. The topological polar surface area (TPSA) is 60.0 Å². The van der Waals surface area contributed by atoms with Crippen LogP contribution < -0.4 is 10.6 Å². The fraction of sp³-hybridized carbons (Fsp3) is 0.417. The number of benzene rings is 2. The number of aliphatic imine (C=N–C) groups is 1. The summed E-state index contributed by atoms with van der Waals surface area (Å²) in [5.74, 6) is 0.811. The molecule has 7 heteroatoms. The quantitative estimate of drug-likeness (QED) is 0.293. The summed E-state index contributed by atoms with van der Waals surface area (Å²) in [5.41, 5.74) is 3.15. The van der Waals surface area contributed by atoms with Gasteiger partial charge in [0.1, 0.15) is 0 Å². The monoisotopic (exact) mass is 537 g/mol. The minimum Gasteiger partial charge on any atom is -0.356 e. The van der Waals surface area contributed by atoms with Gasteiger partial charge in [0.2, 0.25) is 0 Å². The summed E-state index contributed by atoms with van der Waals surface area (Å²) in [5, 5.41) is 6.76. The Morgan fingerprint density at radius 2 is 1.68 bits per heavy atom. The van der Waals surface area contributed by atoms with Crippen LogP contribution in [0.5, 0.6) is 0 Å². The van der Waals surface area contributed by atoms with Gasteiger partial charge in [-0.15, -0.1) is 24.0 Å². The largest absolute Gasteiger partial charge is 0.356 e. The third-order valence-corrected chi connectivity index (χ3v) is 5.10. The number of amides is 1. The van der Waals surface area contributed by atoms with E-state index >= 15 is 0 Å². The van der Waals surface area contributed by atoms with Crippen molar-refractivity contribution in [1.82, 2.24) is 20.4 Å². The minimum absolute atomic E-state index is 0. The van der Waals surface area contributed by atoms with Crippen LogP contribution in [-0.2, 0) is 13.0 Å². The first kappa shape index (κ1) is 26.9. The molecule has 0 aromatic heterocycles. The van der Waals surface area contributed by atoms with Crippen molar-refractivity contribution in [2.24, 2.45) is 4.99 Å². The Balaban J connectivity index is 0.00000480. The van der Waals surface area contributed by atoms with Crippen LogP contribution in [0.25, 0.3) is 0 Å². The van der Waals surface area contributed by atoms with E-state index in [1.165, 1.54) is 5.56 Å². The molecule has 0 aliphatic carbocycles. The highest BCUT2D eigenvalue weighted by Gasteiger charge is 2.11. The molecule has 0 bridgehead atoms. The maximum atomic E-state index is 12.1. The van der Waals surface area contributed by atoms with Gasteiger partial charge in [0.25, 0.3) is 5.91 Å². The summed E-state index contributed by atoms with van der Waals surface area (Å²) < 4.78 is 0. The number of rotatable bonds is 9. The van der Waals surface area contributed by atoms with Crippen LogP contribution >= 0.6 is 24.0 Å². The van der Waals surface area contributed by atoms with Crippen LogP contribution in [0.15, 0.2) is 59.6 Å². The van der Waals surface area contributed by atoms with E-state index in [0.29, 0.717) is 6.04 Å². The van der Waals surface area contributed by atoms with Gasteiger partial charge in [0, 0.05) is 52.4 Å². The molecular weight excluding hydrogens is 501 g/mol. The zero-order valence-corrected chi connectivity index (χ0v) is 21.6. The second-order valence-electron chi connectivity index (χ2n) is 7.78. The van der Waals surface area contributed by atoms with Crippen molar-refractivity contribution in [3.8, 4) is 0 Å². The smallest absolute Gasteiger partial charge is 0.253 e. The van der Waals surface area contributed by atoms with Crippen molar-refractivity contribution in [3.05, 3.63) is 71.3 Å². The third kappa shape index (κ3) is 9.26. The van der Waals surface area contributed by atoms with E-state index in [-0.39, 0.29) is 29.9 Å². The Bertz CT molecular complexity index is 826. The molecule has 2 rings (SSSR count). The Hall–Kier alpha value is -2.13. The summed E-state index contributed by atoms with van der Waals surface area (Å²) in [7, 11) is 7.45. The number of likely N-dealkylation sites (N-methyl/N-ethyl adjacent to an activating group) is 1. The number of hydrogen-bond donors (Lipinski definition) is 2. The summed E-state index contributed by atoms with van der Waals surface area (Å²) in [6.07, 6.45) is 0.818. The highest BCUT2D eigenvalue weighted by molar-refractivity contribution is 14.0. The van der Waals surface area contributed by atoms with Gasteiger partial charge in [0.05, 0.1) is 0 Å². The lowest BCUT2D eigenvalue weighted by Crippen LogP contribution is -2.45. The zero-order chi connectivity index (χ0) is 21.9. The molecule has 0 radical (unpaired) electrons. The number of carbonyl (C=O) groups is 1. The number of nitrogens with one attached hydrogen (secondary N) is 2. The summed E-state index contributed by atoms with van der Waals surface area (Å²) in [6, 6.07) is 18.6. The first-order valence-electron chi connectivity index (χ1n) is 10.4. The standard InChI is InChI=1S/C24H35N5O.HI/c1-19(29(5)18-21-10-7-6-8-11-21)17-27-24(25-2)26-15-14-20-12-9-13-22(16-20)23(30)28(3)4;/h6-13,16,19H,14-15,17-18H2,1-5H3,(H2,25,26,27);1H.